The minimum Gasteiger partial charge on any atom is -0.472 e. The van der Waals surface area contributed by atoms with Gasteiger partial charge in [-0.15, -0.1) is 0 Å². The summed E-state index contributed by atoms with van der Waals surface area (Å²) >= 11 is 0. The van der Waals surface area contributed by atoms with Crippen LogP contribution in [0.4, 0.5) is 0 Å². The zero-order chi connectivity index (χ0) is 12.0. The van der Waals surface area contributed by atoms with Crippen LogP contribution in [0, 0.1) is 5.41 Å². The van der Waals surface area contributed by atoms with Gasteiger partial charge in [-0.1, -0.05) is 26.2 Å². The van der Waals surface area contributed by atoms with Crippen molar-refractivity contribution in [2.24, 2.45) is 5.41 Å². The normalized spacial score (nSPS) is 19.4. The highest BCUT2D eigenvalue weighted by Crippen LogP contribution is 2.38. The highest BCUT2D eigenvalue weighted by molar-refractivity contribution is 5.09. The van der Waals surface area contributed by atoms with E-state index in [1.807, 2.05) is 6.26 Å². The molecular weight excluding hydrogens is 210 g/mol. The highest BCUT2D eigenvalue weighted by Gasteiger charge is 2.31. The van der Waals surface area contributed by atoms with Crippen molar-refractivity contribution < 1.29 is 4.42 Å². The zero-order valence-corrected chi connectivity index (χ0v) is 11.0. The molecule has 0 atom stereocenters. The molecule has 1 aliphatic rings. The van der Waals surface area contributed by atoms with Gasteiger partial charge in [-0.3, -0.25) is 0 Å². The van der Waals surface area contributed by atoms with Crippen molar-refractivity contribution in [2.75, 3.05) is 13.1 Å². The van der Waals surface area contributed by atoms with Crippen LogP contribution in [0.25, 0.3) is 0 Å². The third-order valence-electron chi connectivity index (χ3n) is 4.00. The molecule has 1 aromatic rings. The number of rotatable bonds is 6. The molecule has 0 bridgehead atoms. The van der Waals surface area contributed by atoms with E-state index in [0.29, 0.717) is 5.41 Å². The van der Waals surface area contributed by atoms with E-state index in [1.54, 1.807) is 6.26 Å². The summed E-state index contributed by atoms with van der Waals surface area (Å²) < 4.78 is 5.21. The molecule has 1 aromatic heterocycles. The molecule has 1 heterocycles. The summed E-state index contributed by atoms with van der Waals surface area (Å²) in [5.41, 5.74) is 1.85. The maximum Gasteiger partial charge on any atom is 0.0934 e. The molecule has 2 nitrogen and oxygen atoms in total. The van der Waals surface area contributed by atoms with Crippen molar-refractivity contribution in [2.45, 2.75) is 51.9 Å². The predicted octanol–water partition coefficient (Wildman–Crippen LogP) is 3.77. The second-order valence-corrected chi connectivity index (χ2v) is 5.55. The van der Waals surface area contributed by atoms with E-state index in [2.05, 4.69) is 18.3 Å². The minimum absolute atomic E-state index is 0.483. The lowest BCUT2D eigenvalue weighted by molar-refractivity contribution is 0.181. The van der Waals surface area contributed by atoms with Gasteiger partial charge in [-0.05, 0) is 49.3 Å². The Balaban J connectivity index is 1.95. The molecule has 17 heavy (non-hydrogen) atoms. The van der Waals surface area contributed by atoms with Crippen molar-refractivity contribution in [1.29, 1.82) is 0 Å². The topological polar surface area (TPSA) is 25.2 Å². The Bertz CT molecular complexity index is 299. The van der Waals surface area contributed by atoms with Gasteiger partial charge in [0, 0.05) is 6.54 Å². The van der Waals surface area contributed by atoms with Crippen LogP contribution < -0.4 is 5.32 Å². The van der Waals surface area contributed by atoms with Crippen LogP contribution in [0.5, 0.6) is 0 Å². The molecule has 1 aliphatic carbocycles. The Morgan fingerprint density at radius 1 is 1.29 bits per heavy atom. The zero-order valence-electron chi connectivity index (χ0n) is 11.0. The standard InChI is InChI=1S/C15H25NO/c1-2-9-16-13-15(7-4-3-5-8-15)11-14-6-10-17-12-14/h6,10,12,16H,2-5,7-9,11,13H2,1H3. The van der Waals surface area contributed by atoms with Gasteiger partial charge in [-0.25, -0.2) is 0 Å². The van der Waals surface area contributed by atoms with Gasteiger partial charge in [0.1, 0.15) is 0 Å². The Labute approximate surface area is 105 Å². The summed E-state index contributed by atoms with van der Waals surface area (Å²) in [6.07, 6.45) is 13.1. The SMILES string of the molecule is CCCNCC1(Cc2ccoc2)CCCCC1. The fourth-order valence-electron chi connectivity index (χ4n) is 3.07. The third-order valence-corrected chi connectivity index (χ3v) is 4.00. The molecule has 1 saturated carbocycles. The van der Waals surface area contributed by atoms with Gasteiger partial charge < -0.3 is 9.73 Å². The minimum atomic E-state index is 0.483. The van der Waals surface area contributed by atoms with E-state index in [1.165, 1.54) is 57.1 Å². The van der Waals surface area contributed by atoms with Crippen molar-refractivity contribution in [3.8, 4) is 0 Å². The van der Waals surface area contributed by atoms with Crippen molar-refractivity contribution in [3.05, 3.63) is 24.2 Å². The van der Waals surface area contributed by atoms with Crippen molar-refractivity contribution in [1.82, 2.24) is 5.32 Å². The summed E-state index contributed by atoms with van der Waals surface area (Å²) in [6.45, 7) is 4.55. The van der Waals surface area contributed by atoms with E-state index >= 15 is 0 Å². The molecule has 0 aliphatic heterocycles. The molecule has 1 fully saturated rings. The largest absolute Gasteiger partial charge is 0.472 e. The Hall–Kier alpha value is -0.760. The average molecular weight is 235 g/mol. The lowest BCUT2D eigenvalue weighted by Gasteiger charge is -2.37. The van der Waals surface area contributed by atoms with E-state index in [9.17, 15) is 0 Å². The second-order valence-electron chi connectivity index (χ2n) is 5.55. The first kappa shape index (κ1) is 12.7. The fraction of sp³-hybridized carbons (Fsp3) is 0.733. The van der Waals surface area contributed by atoms with Crippen LogP contribution in [-0.2, 0) is 6.42 Å². The molecule has 0 unspecified atom stereocenters. The molecule has 1 N–H and O–H groups in total. The first-order valence-corrected chi connectivity index (χ1v) is 7.06. The smallest absolute Gasteiger partial charge is 0.0934 e. The van der Waals surface area contributed by atoms with Crippen LogP contribution >= 0.6 is 0 Å². The van der Waals surface area contributed by atoms with Crippen LogP contribution in [-0.4, -0.2) is 13.1 Å². The predicted molar refractivity (Wildman–Crippen MR) is 71.1 cm³/mol. The van der Waals surface area contributed by atoms with Gasteiger partial charge in [-0.2, -0.15) is 0 Å². The van der Waals surface area contributed by atoms with E-state index in [-0.39, 0.29) is 0 Å². The van der Waals surface area contributed by atoms with Gasteiger partial charge in [0.2, 0.25) is 0 Å². The van der Waals surface area contributed by atoms with Gasteiger partial charge >= 0.3 is 0 Å². The molecule has 2 heteroatoms. The number of hydrogen-bond donors (Lipinski definition) is 1. The molecule has 96 valence electrons. The summed E-state index contributed by atoms with van der Waals surface area (Å²) in [4.78, 5) is 0. The van der Waals surface area contributed by atoms with Crippen molar-refractivity contribution in [3.63, 3.8) is 0 Å². The summed E-state index contributed by atoms with van der Waals surface area (Å²) in [6, 6.07) is 2.12. The van der Waals surface area contributed by atoms with Crippen molar-refractivity contribution >= 4 is 0 Å². The molecule has 0 spiro atoms. The Kier molecular flexibility index (Phi) is 4.66. The maximum atomic E-state index is 5.21. The van der Waals surface area contributed by atoms with Gasteiger partial charge in [0.05, 0.1) is 12.5 Å². The third kappa shape index (κ3) is 3.60. The summed E-state index contributed by atoms with van der Waals surface area (Å²) in [7, 11) is 0. The molecular formula is C15H25NO. The van der Waals surface area contributed by atoms with E-state index in [0.717, 1.165) is 6.54 Å². The molecule has 0 aromatic carbocycles. The van der Waals surface area contributed by atoms with Crippen LogP contribution in [0.2, 0.25) is 0 Å². The van der Waals surface area contributed by atoms with Crippen LogP contribution in [0.1, 0.15) is 51.0 Å². The molecule has 2 rings (SSSR count). The van der Waals surface area contributed by atoms with Crippen LogP contribution in [0.3, 0.4) is 0 Å². The van der Waals surface area contributed by atoms with E-state index in [4.69, 9.17) is 4.42 Å². The number of furan rings is 1. The van der Waals surface area contributed by atoms with E-state index < -0.39 is 0 Å². The Morgan fingerprint density at radius 2 is 2.12 bits per heavy atom. The maximum absolute atomic E-state index is 5.21. The van der Waals surface area contributed by atoms with Gasteiger partial charge in [0.25, 0.3) is 0 Å². The molecule has 0 radical (unpaired) electrons. The monoisotopic (exact) mass is 235 g/mol. The first-order chi connectivity index (χ1) is 8.35. The lowest BCUT2D eigenvalue weighted by atomic mass is 9.70. The number of nitrogens with one attached hydrogen (secondary N) is 1. The Morgan fingerprint density at radius 3 is 2.76 bits per heavy atom. The average Bonchev–Trinajstić information content (AvgIpc) is 2.83. The van der Waals surface area contributed by atoms with Gasteiger partial charge in [0.15, 0.2) is 0 Å². The second kappa shape index (κ2) is 6.25. The summed E-state index contributed by atoms with van der Waals surface area (Å²) in [5, 5.41) is 3.63. The molecule has 0 saturated heterocycles. The highest BCUT2D eigenvalue weighted by atomic mass is 16.3. The number of hydrogen-bond acceptors (Lipinski definition) is 2. The quantitative estimate of drug-likeness (QED) is 0.759. The summed E-state index contributed by atoms with van der Waals surface area (Å²) in [5.74, 6) is 0. The fourth-order valence-corrected chi connectivity index (χ4v) is 3.07. The first-order valence-electron chi connectivity index (χ1n) is 7.06. The lowest BCUT2D eigenvalue weighted by Crippen LogP contribution is -2.38. The molecule has 0 amide bonds. The van der Waals surface area contributed by atoms with Crippen LogP contribution in [0.15, 0.2) is 23.0 Å².